The number of carbonyl (C=O) groups excluding carboxylic acids is 1. The molecule has 3 aromatic rings. The van der Waals surface area contributed by atoms with Crippen molar-refractivity contribution in [3.63, 3.8) is 0 Å². The Labute approximate surface area is 171 Å². The standard InChI is InChI=1S/C19H20N6OS2/c1-3-10-25-16(13-6-4-12(2)5-7-13)21-24-19(25)27-11-15(26)20-18-23-22-17(28-18)14-8-9-14/h3-7,14H,1,8-11H2,2H3,(H,20,23,26). The monoisotopic (exact) mass is 412 g/mol. The average Bonchev–Trinajstić information content (AvgIpc) is 3.31. The number of thioether (sulfide) groups is 1. The molecule has 1 fully saturated rings. The normalized spacial score (nSPS) is 13.5. The third kappa shape index (κ3) is 4.31. The summed E-state index contributed by atoms with van der Waals surface area (Å²) in [7, 11) is 0. The number of amides is 1. The molecule has 0 bridgehead atoms. The fourth-order valence-electron chi connectivity index (χ4n) is 2.67. The van der Waals surface area contributed by atoms with Gasteiger partial charge in [-0.05, 0) is 19.8 Å². The Balaban J connectivity index is 1.42. The maximum Gasteiger partial charge on any atom is 0.236 e. The molecule has 2 heterocycles. The van der Waals surface area contributed by atoms with E-state index in [2.05, 4.69) is 32.3 Å². The van der Waals surface area contributed by atoms with Crippen LogP contribution in [-0.4, -0.2) is 36.6 Å². The van der Waals surface area contributed by atoms with Crippen molar-refractivity contribution in [1.29, 1.82) is 0 Å². The summed E-state index contributed by atoms with van der Waals surface area (Å²) >= 11 is 2.80. The van der Waals surface area contributed by atoms with Gasteiger partial charge in [-0.25, -0.2) is 0 Å². The molecule has 0 saturated heterocycles. The molecule has 1 aromatic carbocycles. The van der Waals surface area contributed by atoms with Gasteiger partial charge in [-0.2, -0.15) is 0 Å². The second-order valence-corrected chi connectivity index (χ2v) is 8.58. The molecule has 7 nitrogen and oxygen atoms in total. The predicted molar refractivity (Wildman–Crippen MR) is 112 cm³/mol. The number of carbonyl (C=O) groups is 1. The van der Waals surface area contributed by atoms with Crippen LogP contribution in [0.5, 0.6) is 0 Å². The molecule has 144 valence electrons. The van der Waals surface area contributed by atoms with Crippen molar-refractivity contribution < 1.29 is 4.79 Å². The fraction of sp³-hybridized carbons (Fsp3) is 0.316. The maximum absolute atomic E-state index is 12.3. The minimum atomic E-state index is -0.131. The first kappa shape index (κ1) is 18.8. The second kappa shape index (κ2) is 8.24. The summed E-state index contributed by atoms with van der Waals surface area (Å²) < 4.78 is 1.96. The van der Waals surface area contributed by atoms with Crippen LogP contribution in [0.15, 0.2) is 42.1 Å². The molecule has 0 atom stereocenters. The highest BCUT2D eigenvalue weighted by Gasteiger charge is 2.27. The van der Waals surface area contributed by atoms with E-state index in [4.69, 9.17) is 0 Å². The summed E-state index contributed by atoms with van der Waals surface area (Å²) in [6, 6.07) is 8.13. The van der Waals surface area contributed by atoms with E-state index in [1.54, 1.807) is 6.08 Å². The average molecular weight is 413 g/mol. The van der Waals surface area contributed by atoms with Gasteiger partial charge in [-0.15, -0.1) is 27.0 Å². The molecule has 4 rings (SSSR count). The van der Waals surface area contributed by atoms with E-state index >= 15 is 0 Å². The van der Waals surface area contributed by atoms with Gasteiger partial charge < -0.3 is 0 Å². The summed E-state index contributed by atoms with van der Waals surface area (Å²) in [4.78, 5) is 12.3. The van der Waals surface area contributed by atoms with E-state index in [1.807, 2.05) is 35.8 Å². The van der Waals surface area contributed by atoms with Gasteiger partial charge in [0.25, 0.3) is 0 Å². The lowest BCUT2D eigenvalue weighted by Gasteiger charge is -2.08. The number of aromatic nitrogens is 5. The van der Waals surface area contributed by atoms with Crippen molar-refractivity contribution >= 4 is 34.1 Å². The molecule has 0 aliphatic heterocycles. The Morgan fingerprint density at radius 1 is 1.29 bits per heavy atom. The quantitative estimate of drug-likeness (QED) is 0.446. The van der Waals surface area contributed by atoms with Crippen LogP contribution in [0.25, 0.3) is 11.4 Å². The van der Waals surface area contributed by atoms with Crippen LogP contribution in [0, 0.1) is 6.92 Å². The third-order valence-electron chi connectivity index (χ3n) is 4.28. The molecule has 1 aliphatic carbocycles. The molecule has 0 radical (unpaired) electrons. The molecule has 0 unspecified atom stereocenters. The van der Waals surface area contributed by atoms with Crippen LogP contribution >= 0.6 is 23.1 Å². The third-order valence-corrected chi connectivity index (χ3v) is 6.25. The van der Waals surface area contributed by atoms with Crippen molar-refractivity contribution in [2.24, 2.45) is 0 Å². The summed E-state index contributed by atoms with van der Waals surface area (Å²) in [6.45, 7) is 6.44. The topological polar surface area (TPSA) is 85.6 Å². The van der Waals surface area contributed by atoms with Crippen molar-refractivity contribution in [2.75, 3.05) is 11.1 Å². The number of allylic oxidation sites excluding steroid dienone is 1. The molecule has 1 amide bonds. The minimum Gasteiger partial charge on any atom is -0.300 e. The highest BCUT2D eigenvalue weighted by atomic mass is 32.2. The molecule has 0 spiro atoms. The zero-order chi connectivity index (χ0) is 19.5. The Morgan fingerprint density at radius 3 is 2.79 bits per heavy atom. The van der Waals surface area contributed by atoms with E-state index < -0.39 is 0 Å². The predicted octanol–water partition coefficient (Wildman–Crippen LogP) is 3.90. The van der Waals surface area contributed by atoms with Crippen LogP contribution in [-0.2, 0) is 11.3 Å². The van der Waals surface area contributed by atoms with Crippen molar-refractivity contribution in [2.45, 2.75) is 37.4 Å². The summed E-state index contributed by atoms with van der Waals surface area (Å²) in [5, 5.41) is 21.8. The van der Waals surface area contributed by atoms with Gasteiger partial charge in [0.2, 0.25) is 11.0 Å². The van der Waals surface area contributed by atoms with Gasteiger partial charge in [-0.1, -0.05) is 59.0 Å². The van der Waals surface area contributed by atoms with E-state index in [0.29, 0.717) is 22.8 Å². The van der Waals surface area contributed by atoms with E-state index in [0.717, 1.165) is 16.4 Å². The van der Waals surface area contributed by atoms with E-state index in [1.165, 1.54) is 41.5 Å². The van der Waals surface area contributed by atoms with Crippen LogP contribution in [0.3, 0.4) is 0 Å². The second-order valence-electron chi connectivity index (χ2n) is 6.63. The SMILES string of the molecule is C=CCn1c(SCC(=O)Nc2nnc(C3CC3)s2)nnc1-c1ccc(C)cc1. The molecule has 1 aliphatic rings. The number of benzene rings is 1. The molecule has 1 saturated carbocycles. The maximum atomic E-state index is 12.3. The number of rotatable bonds is 8. The van der Waals surface area contributed by atoms with Crippen LogP contribution in [0.2, 0.25) is 0 Å². The first-order chi connectivity index (χ1) is 13.6. The zero-order valence-electron chi connectivity index (χ0n) is 15.5. The van der Waals surface area contributed by atoms with Crippen molar-refractivity contribution in [3.05, 3.63) is 47.5 Å². The van der Waals surface area contributed by atoms with Gasteiger partial charge >= 0.3 is 0 Å². The van der Waals surface area contributed by atoms with Gasteiger partial charge in [0.05, 0.1) is 5.75 Å². The molecule has 9 heteroatoms. The largest absolute Gasteiger partial charge is 0.300 e. The number of hydrogen-bond donors (Lipinski definition) is 1. The Morgan fingerprint density at radius 2 is 2.07 bits per heavy atom. The number of aryl methyl sites for hydroxylation is 1. The van der Waals surface area contributed by atoms with Crippen molar-refractivity contribution in [3.8, 4) is 11.4 Å². The lowest BCUT2D eigenvalue weighted by Crippen LogP contribution is -2.14. The number of anilines is 1. The van der Waals surface area contributed by atoms with Gasteiger partial charge in [-0.3, -0.25) is 14.7 Å². The molecule has 28 heavy (non-hydrogen) atoms. The summed E-state index contributed by atoms with van der Waals surface area (Å²) in [5.74, 6) is 1.39. The van der Waals surface area contributed by atoms with Crippen LogP contribution in [0.4, 0.5) is 5.13 Å². The number of hydrogen-bond acceptors (Lipinski definition) is 7. The molecular weight excluding hydrogens is 392 g/mol. The van der Waals surface area contributed by atoms with Gasteiger partial charge in [0, 0.05) is 18.0 Å². The highest BCUT2D eigenvalue weighted by molar-refractivity contribution is 7.99. The van der Waals surface area contributed by atoms with Crippen molar-refractivity contribution in [1.82, 2.24) is 25.0 Å². The van der Waals surface area contributed by atoms with Crippen LogP contribution in [0.1, 0.15) is 29.3 Å². The van der Waals surface area contributed by atoms with Crippen LogP contribution < -0.4 is 5.32 Å². The van der Waals surface area contributed by atoms with Gasteiger partial charge in [0.15, 0.2) is 11.0 Å². The fourth-order valence-corrected chi connectivity index (χ4v) is 4.35. The first-order valence-electron chi connectivity index (χ1n) is 9.01. The zero-order valence-corrected chi connectivity index (χ0v) is 17.1. The Hall–Kier alpha value is -2.52. The minimum absolute atomic E-state index is 0.131. The summed E-state index contributed by atoms with van der Waals surface area (Å²) in [6.07, 6.45) is 4.13. The Bertz CT molecular complexity index is 990. The van der Waals surface area contributed by atoms with E-state index in [-0.39, 0.29) is 11.7 Å². The molecule has 2 aromatic heterocycles. The lowest BCUT2D eigenvalue weighted by atomic mass is 10.1. The Kier molecular flexibility index (Phi) is 5.54. The summed E-state index contributed by atoms with van der Waals surface area (Å²) in [5.41, 5.74) is 2.17. The number of nitrogens with one attached hydrogen (secondary N) is 1. The molecular formula is C19H20N6OS2. The highest BCUT2D eigenvalue weighted by Crippen LogP contribution is 2.42. The molecule has 1 N–H and O–H groups in total. The smallest absolute Gasteiger partial charge is 0.236 e. The van der Waals surface area contributed by atoms with Gasteiger partial charge in [0.1, 0.15) is 5.01 Å². The first-order valence-corrected chi connectivity index (χ1v) is 10.8. The number of nitrogens with zero attached hydrogens (tertiary/aromatic N) is 5. The lowest BCUT2D eigenvalue weighted by molar-refractivity contribution is -0.113. The van der Waals surface area contributed by atoms with E-state index in [9.17, 15) is 4.79 Å².